The first kappa shape index (κ1) is 35.9. The molecule has 3 amide bonds. The second kappa shape index (κ2) is 15.6. The van der Waals surface area contributed by atoms with Gasteiger partial charge in [0.2, 0.25) is 0 Å². The zero-order valence-electron chi connectivity index (χ0n) is 29.8. The van der Waals surface area contributed by atoms with Gasteiger partial charge in [0.15, 0.2) is 23.4 Å². The molecule has 2 fully saturated rings. The van der Waals surface area contributed by atoms with Crippen LogP contribution in [0.2, 0.25) is 0 Å². The second-order valence-electron chi connectivity index (χ2n) is 13.9. The van der Waals surface area contributed by atoms with E-state index >= 15 is 0 Å². The number of fused-ring (bicyclic) bond motifs is 1. The number of likely N-dealkylation sites (N-methyl/N-ethyl adjacent to an activating group) is 1. The van der Waals surface area contributed by atoms with E-state index in [9.17, 15) is 14.4 Å². The van der Waals surface area contributed by atoms with Gasteiger partial charge in [-0.3, -0.25) is 24.2 Å². The van der Waals surface area contributed by atoms with Crippen molar-refractivity contribution in [3.8, 4) is 11.5 Å². The van der Waals surface area contributed by atoms with Crippen molar-refractivity contribution in [3.05, 3.63) is 60.2 Å². The Balaban J connectivity index is 1.04. The number of anilines is 3. The van der Waals surface area contributed by atoms with E-state index in [0.717, 1.165) is 37.0 Å². The summed E-state index contributed by atoms with van der Waals surface area (Å²) in [5.74, 6) is 1.83. The third-order valence-corrected chi connectivity index (χ3v) is 8.83. The molecule has 51 heavy (non-hydrogen) atoms. The van der Waals surface area contributed by atoms with Gasteiger partial charge in [-0.05, 0) is 77.1 Å². The zero-order valence-corrected chi connectivity index (χ0v) is 29.8. The molecule has 3 aromatic rings. The number of para-hydroxylation sites is 1. The maximum Gasteiger partial charge on any atom is 0.410 e. The monoisotopic (exact) mass is 705 g/mol. The average molecular weight is 706 g/mol. The van der Waals surface area contributed by atoms with Crippen molar-refractivity contribution in [2.24, 2.45) is 0 Å². The average Bonchev–Trinajstić information content (AvgIpc) is 3.79. The van der Waals surface area contributed by atoms with Crippen molar-refractivity contribution in [3.63, 3.8) is 0 Å². The molecule has 0 spiro atoms. The third kappa shape index (κ3) is 8.90. The van der Waals surface area contributed by atoms with Crippen LogP contribution in [-0.4, -0.2) is 115 Å². The van der Waals surface area contributed by atoms with Gasteiger partial charge in [0.25, 0.3) is 11.8 Å². The Morgan fingerprint density at radius 2 is 1.84 bits per heavy atom. The van der Waals surface area contributed by atoms with Crippen molar-refractivity contribution in [1.82, 2.24) is 25.0 Å². The van der Waals surface area contributed by atoms with Crippen LogP contribution in [0.25, 0.3) is 0 Å². The van der Waals surface area contributed by atoms with Gasteiger partial charge in [0.05, 0.1) is 37.8 Å². The summed E-state index contributed by atoms with van der Waals surface area (Å²) in [6, 6.07) is 11.7. The van der Waals surface area contributed by atoms with Gasteiger partial charge in [0, 0.05) is 32.7 Å². The number of hydrogen-bond donors (Lipinski definition) is 2. The summed E-state index contributed by atoms with van der Waals surface area (Å²) in [6.45, 7) is 10.9. The van der Waals surface area contributed by atoms with Crippen LogP contribution in [0.4, 0.5) is 22.0 Å². The number of amides is 3. The minimum atomic E-state index is -0.716. The topological polar surface area (TPSA) is 151 Å². The molecule has 5 heterocycles. The molecule has 0 aliphatic carbocycles. The molecule has 2 unspecified atom stereocenters. The maximum atomic E-state index is 13.5. The molecule has 15 heteroatoms. The van der Waals surface area contributed by atoms with E-state index in [4.69, 9.17) is 23.5 Å². The van der Waals surface area contributed by atoms with Gasteiger partial charge < -0.3 is 34.2 Å². The number of ether oxygens (including phenoxy) is 3. The number of hydroxylamine groups is 1. The fourth-order valence-electron chi connectivity index (χ4n) is 6.18. The molecule has 3 aliphatic heterocycles. The number of furan rings is 1. The van der Waals surface area contributed by atoms with E-state index in [0.29, 0.717) is 54.6 Å². The lowest BCUT2D eigenvalue weighted by molar-refractivity contribution is -0.129. The lowest BCUT2D eigenvalue weighted by atomic mass is 10.2. The SMILES string of the molecule is CON(C(=O)C1CCCN1C(=O)OC(C)(C)C)c1ccc(Nc2cccc3c2OC(CNC(=O)c2ccc(CN4CCN(C)CC4)o2)CO3)nc1. The van der Waals surface area contributed by atoms with E-state index in [2.05, 4.69) is 32.5 Å². The molecule has 1 aromatic carbocycles. The molecule has 2 saturated heterocycles. The van der Waals surface area contributed by atoms with Crippen LogP contribution in [0.15, 0.2) is 53.1 Å². The van der Waals surface area contributed by atoms with E-state index in [-0.39, 0.29) is 30.7 Å². The van der Waals surface area contributed by atoms with E-state index in [1.165, 1.54) is 18.2 Å². The summed E-state index contributed by atoms with van der Waals surface area (Å²) < 4.78 is 23.6. The first-order chi connectivity index (χ1) is 24.5. The summed E-state index contributed by atoms with van der Waals surface area (Å²) in [5.41, 5.74) is 0.336. The standard InChI is InChI=1S/C36H47N7O8/c1-36(2,3)51-35(46)42-15-7-9-28(42)34(45)43(47-5)24-11-14-31(37-20-24)39-27-8-6-10-29-32(27)50-26(23-48-29)21-38-33(44)30-13-12-25(49-30)22-41-18-16-40(4)17-19-41/h6,8,10-14,20,26,28H,7,9,15-19,21-23H2,1-5H3,(H,37,39)(H,38,44). The number of nitrogens with zero attached hydrogens (tertiary/aromatic N) is 5. The predicted octanol–water partition coefficient (Wildman–Crippen LogP) is 4.03. The van der Waals surface area contributed by atoms with Gasteiger partial charge >= 0.3 is 6.09 Å². The van der Waals surface area contributed by atoms with Crippen LogP contribution >= 0.6 is 0 Å². The van der Waals surface area contributed by atoms with Gasteiger partial charge in [0.1, 0.15) is 29.8 Å². The molecule has 2 N–H and O–H groups in total. The minimum Gasteiger partial charge on any atom is -0.486 e. The van der Waals surface area contributed by atoms with Gasteiger partial charge in [-0.25, -0.2) is 9.78 Å². The smallest absolute Gasteiger partial charge is 0.410 e. The number of carbonyl (C=O) groups excluding carboxylic acids is 3. The molecule has 6 rings (SSSR count). The van der Waals surface area contributed by atoms with Gasteiger partial charge in [-0.1, -0.05) is 6.07 Å². The van der Waals surface area contributed by atoms with Crippen LogP contribution in [0, 0.1) is 0 Å². The molecule has 3 aliphatic rings. The van der Waals surface area contributed by atoms with Crippen LogP contribution in [0.5, 0.6) is 11.5 Å². The Hall–Kier alpha value is -4.86. The van der Waals surface area contributed by atoms with Crippen LogP contribution < -0.4 is 25.2 Å². The number of aromatic nitrogens is 1. The number of piperazine rings is 1. The molecule has 15 nitrogen and oxygen atoms in total. The number of rotatable bonds is 10. The Bertz CT molecular complexity index is 1680. The Labute approximate surface area is 297 Å². The third-order valence-electron chi connectivity index (χ3n) is 8.83. The van der Waals surface area contributed by atoms with E-state index < -0.39 is 23.8 Å². The highest BCUT2D eigenvalue weighted by molar-refractivity contribution is 5.97. The van der Waals surface area contributed by atoms with Crippen LogP contribution in [0.3, 0.4) is 0 Å². The highest BCUT2D eigenvalue weighted by atomic mass is 16.7. The summed E-state index contributed by atoms with van der Waals surface area (Å²) in [5, 5.41) is 7.29. The Morgan fingerprint density at radius 3 is 2.57 bits per heavy atom. The lowest BCUT2D eigenvalue weighted by Crippen LogP contribution is -2.49. The summed E-state index contributed by atoms with van der Waals surface area (Å²) in [7, 11) is 3.51. The number of nitrogens with one attached hydrogen (secondary N) is 2. The number of pyridine rings is 1. The second-order valence-corrected chi connectivity index (χ2v) is 13.9. The fraction of sp³-hybridized carbons (Fsp3) is 0.500. The predicted molar refractivity (Wildman–Crippen MR) is 188 cm³/mol. The van der Waals surface area contributed by atoms with Crippen molar-refractivity contribution in [2.45, 2.75) is 57.9 Å². The Morgan fingerprint density at radius 1 is 1.04 bits per heavy atom. The van der Waals surface area contributed by atoms with Crippen molar-refractivity contribution < 1.29 is 37.8 Å². The summed E-state index contributed by atoms with van der Waals surface area (Å²) in [6.07, 6.45) is 1.70. The van der Waals surface area contributed by atoms with Gasteiger partial charge in [-0.2, -0.15) is 5.06 Å². The number of benzene rings is 1. The number of hydrogen-bond acceptors (Lipinski definition) is 12. The molecule has 2 aromatic heterocycles. The maximum absolute atomic E-state index is 13.5. The molecule has 2 atom stereocenters. The highest BCUT2D eigenvalue weighted by Gasteiger charge is 2.39. The molecular weight excluding hydrogens is 658 g/mol. The first-order valence-corrected chi connectivity index (χ1v) is 17.3. The van der Waals surface area contributed by atoms with E-state index in [1.54, 1.807) is 39.0 Å². The molecular formula is C36H47N7O8. The van der Waals surface area contributed by atoms with Gasteiger partial charge in [-0.15, -0.1) is 0 Å². The molecule has 0 radical (unpaired) electrons. The molecule has 274 valence electrons. The minimum absolute atomic E-state index is 0.210. The first-order valence-electron chi connectivity index (χ1n) is 17.3. The van der Waals surface area contributed by atoms with Crippen LogP contribution in [0.1, 0.15) is 49.9 Å². The quantitative estimate of drug-likeness (QED) is 0.293. The highest BCUT2D eigenvalue weighted by Crippen LogP contribution is 2.40. The fourth-order valence-corrected chi connectivity index (χ4v) is 6.18. The van der Waals surface area contributed by atoms with E-state index in [1.807, 2.05) is 24.3 Å². The lowest BCUT2D eigenvalue weighted by Gasteiger charge is -2.31. The van der Waals surface area contributed by atoms with Crippen molar-refractivity contribution in [2.75, 3.05) is 70.4 Å². The largest absolute Gasteiger partial charge is 0.486 e. The summed E-state index contributed by atoms with van der Waals surface area (Å²) >= 11 is 0. The molecule has 0 bridgehead atoms. The Kier molecular flexibility index (Phi) is 11.0. The number of likely N-dealkylation sites (tertiary alicyclic amines) is 1. The summed E-state index contributed by atoms with van der Waals surface area (Å²) in [4.78, 5) is 55.2. The number of carbonyl (C=O) groups is 3. The zero-order chi connectivity index (χ0) is 36.1. The van der Waals surface area contributed by atoms with Crippen molar-refractivity contribution >= 4 is 35.1 Å². The van der Waals surface area contributed by atoms with Crippen molar-refractivity contribution in [1.29, 1.82) is 0 Å². The normalized spacial score (nSPS) is 19.4. The molecule has 0 saturated carbocycles. The van der Waals surface area contributed by atoms with Crippen LogP contribution in [-0.2, 0) is 20.9 Å².